The van der Waals surface area contributed by atoms with Crippen LogP contribution in [-0.2, 0) is 10.8 Å². The van der Waals surface area contributed by atoms with Crippen LogP contribution in [0.25, 0.3) is 10.9 Å². The van der Waals surface area contributed by atoms with Crippen molar-refractivity contribution in [3.63, 3.8) is 0 Å². The summed E-state index contributed by atoms with van der Waals surface area (Å²) < 4.78 is 24.0. The molecule has 0 aliphatic heterocycles. The van der Waals surface area contributed by atoms with E-state index in [9.17, 15) is 13.4 Å². The number of halogens is 1. The number of hydrogen-bond acceptors (Lipinski definition) is 2. The molecule has 0 bridgehead atoms. The van der Waals surface area contributed by atoms with E-state index in [1.165, 1.54) is 30.7 Å². The molecule has 1 N–H and O–H groups in total. The van der Waals surface area contributed by atoms with Gasteiger partial charge in [0.05, 0.1) is 16.3 Å². The minimum Gasteiger partial charge on any atom is -0.360 e. The molecule has 0 saturated carbocycles. The van der Waals surface area contributed by atoms with Crippen molar-refractivity contribution in [2.45, 2.75) is 4.90 Å². The fourth-order valence-electron chi connectivity index (χ4n) is 1.39. The third-order valence-corrected chi connectivity index (χ3v) is 3.04. The summed E-state index contributed by atoms with van der Waals surface area (Å²) in [6.07, 6.45) is 2.79. The van der Waals surface area contributed by atoms with Crippen molar-refractivity contribution in [2.75, 3.05) is 6.26 Å². The molecule has 2 aromatic rings. The first-order valence-electron chi connectivity index (χ1n) is 4.24. The van der Waals surface area contributed by atoms with E-state index < -0.39 is 16.6 Å². The lowest BCUT2D eigenvalue weighted by Gasteiger charge is -2.00. The summed E-state index contributed by atoms with van der Waals surface area (Å²) in [7, 11) is -1.34. The maximum absolute atomic E-state index is 12.8. The van der Waals surface area contributed by atoms with Crippen LogP contribution >= 0.6 is 0 Å². The molecule has 0 saturated heterocycles. The summed E-state index contributed by atoms with van der Waals surface area (Å²) in [6.45, 7) is 0. The highest BCUT2D eigenvalue weighted by Crippen LogP contribution is 2.10. The van der Waals surface area contributed by atoms with Gasteiger partial charge in [0.25, 0.3) is 0 Å². The summed E-state index contributed by atoms with van der Waals surface area (Å²) in [6, 6.07) is 3.83. The molecule has 78 valence electrons. The summed E-state index contributed by atoms with van der Waals surface area (Å²) in [4.78, 5) is 14.7. The van der Waals surface area contributed by atoms with E-state index >= 15 is 0 Å². The van der Waals surface area contributed by atoms with Gasteiger partial charge in [-0.2, -0.15) is 0 Å². The van der Waals surface area contributed by atoms with Gasteiger partial charge in [-0.25, -0.2) is 4.39 Å². The molecular formula is C10H8FNO2S. The van der Waals surface area contributed by atoms with E-state index in [1.807, 2.05) is 0 Å². The third kappa shape index (κ3) is 1.70. The number of pyridine rings is 1. The molecule has 0 radical (unpaired) electrons. The quantitative estimate of drug-likeness (QED) is 0.797. The summed E-state index contributed by atoms with van der Waals surface area (Å²) in [5.41, 5.74) is 0.0961. The van der Waals surface area contributed by atoms with Crippen LogP contribution in [0.1, 0.15) is 0 Å². The fourth-order valence-corrected chi connectivity index (χ4v) is 1.98. The van der Waals surface area contributed by atoms with Crippen molar-refractivity contribution in [3.05, 3.63) is 40.4 Å². The van der Waals surface area contributed by atoms with E-state index in [0.717, 1.165) is 0 Å². The molecule has 1 heterocycles. The minimum absolute atomic E-state index is 0.203. The van der Waals surface area contributed by atoms with Gasteiger partial charge in [-0.15, -0.1) is 0 Å². The van der Waals surface area contributed by atoms with Crippen molar-refractivity contribution < 1.29 is 8.60 Å². The lowest BCUT2D eigenvalue weighted by atomic mass is 10.2. The molecule has 0 aliphatic carbocycles. The van der Waals surface area contributed by atoms with Gasteiger partial charge >= 0.3 is 0 Å². The van der Waals surface area contributed by atoms with Gasteiger partial charge in [0.2, 0.25) is 5.43 Å². The Hall–Kier alpha value is -1.49. The molecule has 1 atom stereocenters. The zero-order valence-electron chi connectivity index (χ0n) is 7.91. The second-order valence-corrected chi connectivity index (χ2v) is 4.47. The maximum atomic E-state index is 12.8. The Balaban J connectivity index is 2.86. The zero-order chi connectivity index (χ0) is 11.0. The molecule has 0 unspecified atom stereocenters. The average Bonchev–Trinajstić information content (AvgIpc) is 2.17. The Labute approximate surface area is 87.4 Å². The summed E-state index contributed by atoms with van der Waals surface area (Å²) in [5.74, 6) is -0.413. The molecular weight excluding hydrogens is 217 g/mol. The Bertz CT molecular complexity index is 606. The van der Waals surface area contributed by atoms with Crippen LogP contribution in [0.15, 0.2) is 34.1 Å². The molecule has 1 aromatic heterocycles. The van der Waals surface area contributed by atoms with E-state index in [0.29, 0.717) is 10.9 Å². The normalized spacial score (nSPS) is 12.9. The largest absolute Gasteiger partial charge is 0.360 e. The van der Waals surface area contributed by atoms with E-state index in [2.05, 4.69) is 4.98 Å². The van der Waals surface area contributed by atoms with Crippen LogP contribution in [0, 0.1) is 5.82 Å². The second kappa shape index (κ2) is 3.58. The molecule has 0 amide bonds. The fraction of sp³-hybridized carbons (Fsp3) is 0.100. The van der Waals surface area contributed by atoms with Crippen LogP contribution < -0.4 is 5.43 Å². The predicted molar refractivity (Wildman–Crippen MR) is 56.9 cm³/mol. The second-order valence-electron chi connectivity index (χ2n) is 3.13. The first kappa shape index (κ1) is 10.0. The van der Waals surface area contributed by atoms with E-state index in [1.54, 1.807) is 0 Å². The number of nitrogens with one attached hydrogen (secondary N) is 1. The van der Waals surface area contributed by atoms with Crippen LogP contribution in [0.5, 0.6) is 0 Å². The minimum atomic E-state index is -1.34. The highest BCUT2D eigenvalue weighted by Gasteiger charge is 2.07. The molecule has 15 heavy (non-hydrogen) atoms. The molecule has 5 heteroatoms. The molecule has 2 rings (SSSR count). The van der Waals surface area contributed by atoms with Gasteiger partial charge in [0.15, 0.2) is 0 Å². The highest BCUT2D eigenvalue weighted by molar-refractivity contribution is 7.84. The number of aromatic amines is 1. The number of H-pyrrole nitrogens is 1. The van der Waals surface area contributed by atoms with Crippen LogP contribution in [0.4, 0.5) is 4.39 Å². The monoisotopic (exact) mass is 225 g/mol. The Morgan fingerprint density at radius 1 is 1.40 bits per heavy atom. The standard InChI is InChI=1S/C10H8FNO2S/c1-15(14)9-5-12-8-4-6(11)2-3-7(8)10(9)13/h2-5H,1H3,(H,12,13)/t15-/m1/s1. The molecule has 3 nitrogen and oxygen atoms in total. The zero-order valence-corrected chi connectivity index (χ0v) is 8.73. The van der Waals surface area contributed by atoms with Gasteiger partial charge in [0, 0.05) is 17.8 Å². The third-order valence-electron chi connectivity index (χ3n) is 2.12. The SMILES string of the molecule is C[S@@](=O)c1c[nH]c2cc(F)ccc2c1=O. The lowest BCUT2D eigenvalue weighted by molar-refractivity contribution is 0.629. The van der Waals surface area contributed by atoms with Gasteiger partial charge in [-0.3, -0.25) is 9.00 Å². The number of rotatable bonds is 1. The number of fused-ring (bicyclic) bond motifs is 1. The van der Waals surface area contributed by atoms with Crippen LogP contribution in [0.2, 0.25) is 0 Å². The van der Waals surface area contributed by atoms with Crippen LogP contribution in [-0.4, -0.2) is 15.4 Å². The summed E-state index contributed by atoms with van der Waals surface area (Å²) in [5, 5.41) is 0.351. The number of aromatic nitrogens is 1. The first-order valence-corrected chi connectivity index (χ1v) is 5.80. The van der Waals surface area contributed by atoms with Gasteiger partial charge in [0.1, 0.15) is 10.7 Å². The van der Waals surface area contributed by atoms with Crippen LogP contribution in [0.3, 0.4) is 0 Å². The topological polar surface area (TPSA) is 49.9 Å². The molecule has 0 aliphatic rings. The highest BCUT2D eigenvalue weighted by atomic mass is 32.2. The Kier molecular flexibility index (Phi) is 2.40. The molecule has 1 aromatic carbocycles. The van der Waals surface area contributed by atoms with Crippen molar-refractivity contribution in [1.29, 1.82) is 0 Å². The molecule has 0 fully saturated rings. The van der Waals surface area contributed by atoms with Crippen molar-refractivity contribution in [2.24, 2.45) is 0 Å². The average molecular weight is 225 g/mol. The number of benzene rings is 1. The Morgan fingerprint density at radius 2 is 2.13 bits per heavy atom. The van der Waals surface area contributed by atoms with Crippen molar-refractivity contribution in [1.82, 2.24) is 4.98 Å². The predicted octanol–water partition coefficient (Wildman–Crippen LogP) is 1.40. The van der Waals surface area contributed by atoms with Gasteiger partial charge < -0.3 is 4.98 Å². The first-order chi connectivity index (χ1) is 7.09. The van der Waals surface area contributed by atoms with E-state index in [-0.39, 0.29) is 10.3 Å². The van der Waals surface area contributed by atoms with E-state index in [4.69, 9.17) is 0 Å². The van der Waals surface area contributed by atoms with Gasteiger partial charge in [-0.1, -0.05) is 0 Å². The van der Waals surface area contributed by atoms with Crippen molar-refractivity contribution >= 4 is 21.7 Å². The number of hydrogen-bond donors (Lipinski definition) is 1. The molecule has 0 spiro atoms. The maximum Gasteiger partial charge on any atom is 0.205 e. The summed E-state index contributed by atoms with van der Waals surface area (Å²) >= 11 is 0. The van der Waals surface area contributed by atoms with Gasteiger partial charge in [-0.05, 0) is 18.2 Å². The van der Waals surface area contributed by atoms with Crippen molar-refractivity contribution in [3.8, 4) is 0 Å². The Morgan fingerprint density at radius 3 is 2.80 bits per heavy atom. The lowest BCUT2D eigenvalue weighted by Crippen LogP contribution is -2.10. The smallest absolute Gasteiger partial charge is 0.205 e.